The molecule has 0 aliphatic carbocycles. The normalized spacial score (nSPS) is 11.0. The number of rotatable bonds is 5. The van der Waals surface area contributed by atoms with Crippen LogP contribution in [0, 0.1) is 12.3 Å². The lowest BCUT2D eigenvalue weighted by Crippen LogP contribution is -2.37. The Labute approximate surface area is 159 Å². The average Bonchev–Trinajstić information content (AvgIpc) is 2.52. The highest BCUT2D eigenvalue weighted by atomic mass is 16.6. The molecule has 146 valence electrons. The Kier molecular flexibility index (Phi) is 7.23. The molecule has 0 spiro atoms. The van der Waals surface area contributed by atoms with Crippen molar-refractivity contribution >= 4 is 29.5 Å². The Morgan fingerprint density at radius 3 is 2.04 bits per heavy atom. The molecule has 0 heterocycles. The largest absolute Gasteiger partial charge is 0.444 e. The molecule has 0 fully saturated rings. The predicted molar refractivity (Wildman–Crippen MR) is 102 cm³/mol. The third-order valence-corrected chi connectivity index (χ3v) is 2.93. The molecule has 0 aliphatic heterocycles. The summed E-state index contributed by atoms with van der Waals surface area (Å²) in [5, 5.41) is 7.46. The van der Waals surface area contributed by atoms with E-state index in [0.29, 0.717) is 11.4 Å². The van der Waals surface area contributed by atoms with Crippen molar-refractivity contribution in [2.45, 2.75) is 45.8 Å². The first kappa shape index (κ1) is 21.8. The van der Waals surface area contributed by atoms with Crippen LogP contribution in [0.2, 0.25) is 0 Å². The van der Waals surface area contributed by atoms with Crippen molar-refractivity contribution in [3.63, 3.8) is 0 Å². The first-order valence-corrected chi connectivity index (χ1v) is 8.25. The van der Waals surface area contributed by atoms with Crippen LogP contribution in [-0.2, 0) is 14.3 Å². The van der Waals surface area contributed by atoms with Crippen LogP contribution in [0.4, 0.5) is 21.0 Å². The van der Waals surface area contributed by atoms with Crippen LogP contribution < -0.4 is 16.0 Å². The van der Waals surface area contributed by atoms with Gasteiger partial charge >= 0.3 is 12.2 Å². The maximum Gasteiger partial charge on any atom is 0.413 e. The Balaban J connectivity index is 2.66. The van der Waals surface area contributed by atoms with E-state index in [-0.39, 0.29) is 6.54 Å². The van der Waals surface area contributed by atoms with Crippen molar-refractivity contribution in [2.24, 2.45) is 0 Å². The van der Waals surface area contributed by atoms with Crippen molar-refractivity contribution in [1.29, 1.82) is 0 Å². The molecule has 27 heavy (non-hydrogen) atoms. The van der Waals surface area contributed by atoms with Crippen LogP contribution in [0.3, 0.4) is 0 Å². The molecule has 8 nitrogen and oxygen atoms in total. The van der Waals surface area contributed by atoms with Crippen LogP contribution >= 0.6 is 0 Å². The van der Waals surface area contributed by atoms with Gasteiger partial charge in [0.25, 0.3) is 0 Å². The fourth-order valence-corrected chi connectivity index (χ4v) is 1.76. The average molecular weight is 375 g/mol. The van der Waals surface area contributed by atoms with Gasteiger partial charge in [-0.1, -0.05) is 18.1 Å². The van der Waals surface area contributed by atoms with E-state index < -0.39 is 29.3 Å². The molecular weight excluding hydrogens is 350 g/mol. The van der Waals surface area contributed by atoms with Gasteiger partial charge in [-0.2, -0.15) is 0 Å². The minimum atomic E-state index is -1.07. The lowest BCUT2D eigenvalue weighted by atomic mass is 10.1. The molecule has 8 heteroatoms. The van der Waals surface area contributed by atoms with Gasteiger partial charge in [-0.05, 0) is 46.8 Å². The summed E-state index contributed by atoms with van der Waals surface area (Å²) in [4.78, 5) is 35.6. The molecule has 0 unspecified atom stereocenters. The van der Waals surface area contributed by atoms with Gasteiger partial charge in [-0.25, -0.2) is 9.59 Å². The molecule has 0 aliphatic rings. The van der Waals surface area contributed by atoms with Crippen molar-refractivity contribution in [2.75, 3.05) is 17.2 Å². The van der Waals surface area contributed by atoms with Gasteiger partial charge in [-0.3, -0.25) is 10.1 Å². The van der Waals surface area contributed by atoms with Crippen molar-refractivity contribution in [3.8, 4) is 12.3 Å². The molecule has 0 bridgehead atoms. The van der Waals surface area contributed by atoms with Gasteiger partial charge in [0.1, 0.15) is 12.1 Å². The van der Waals surface area contributed by atoms with E-state index in [4.69, 9.17) is 15.9 Å². The number of para-hydroxylation sites is 2. The fraction of sp³-hybridized carbons (Fsp3) is 0.421. The maximum absolute atomic E-state index is 12.0. The molecule has 0 radical (unpaired) electrons. The van der Waals surface area contributed by atoms with E-state index in [0.717, 1.165) is 0 Å². The van der Waals surface area contributed by atoms with Gasteiger partial charge in [0.15, 0.2) is 5.60 Å². The van der Waals surface area contributed by atoms with Crippen molar-refractivity contribution in [3.05, 3.63) is 24.3 Å². The second kappa shape index (κ2) is 8.94. The quantitative estimate of drug-likeness (QED) is 0.686. The third-order valence-electron chi connectivity index (χ3n) is 2.93. The lowest BCUT2D eigenvalue weighted by Gasteiger charge is -2.20. The number of hydrogen-bond acceptors (Lipinski definition) is 5. The zero-order valence-electron chi connectivity index (χ0n) is 16.1. The monoisotopic (exact) mass is 375 g/mol. The third kappa shape index (κ3) is 8.63. The van der Waals surface area contributed by atoms with Gasteiger partial charge in [-0.15, -0.1) is 6.42 Å². The van der Waals surface area contributed by atoms with E-state index in [2.05, 4.69) is 21.9 Å². The number of ether oxygens (including phenoxy) is 2. The second-order valence-electron chi connectivity index (χ2n) is 7.12. The van der Waals surface area contributed by atoms with Crippen molar-refractivity contribution in [1.82, 2.24) is 5.32 Å². The summed E-state index contributed by atoms with van der Waals surface area (Å²) in [6.07, 6.45) is 3.82. The minimum absolute atomic E-state index is 0.294. The first-order valence-electron chi connectivity index (χ1n) is 8.25. The summed E-state index contributed by atoms with van der Waals surface area (Å²) in [5.74, 6) is 1.85. The summed E-state index contributed by atoms with van der Waals surface area (Å²) in [6, 6.07) is 6.53. The first-order chi connectivity index (χ1) is 12.4. The molecule has 1 aromatic carbocycles. The summed E-state index contributed by atoms with van der Waals surface area (Å²) < 4.78 is 10.2. The van der Waals surface area contributed by atoms with Crippen LogP contribution in [-0.4, -0.2) is 35.8 Å². The highest BCUT2D eigenvalue weighted by Crippen LogP contribution is 2.22. The summed E-state index contributed by atoms with van der Waals surface area (Å²) in [6.45, 7) is 8.00. The lowest BCUT2D eigenvalue weighted by molar-refractivity contribution is -0.115. The Morgan fingerprint density at radius 1 is 0.963 bits per heavy atom. The van der Waals surface area contributed by atoms with Crippen molar-refractivity contribution < 1.29 is 23.9 Å². The molecular formula is C19H25N3O5. The number of hydrogen-bond donors (Lipinski definition) is 3. The molecule has 3 N–H and O–H groups in total. The Bertz CT molecular complexity index is 744. The highest BCUT2D eigenvalue weighted by molar-refractivity contribution is 5.99. The molecule has 0 aromatic heterocycles. The number of terminal acetylenes is 1. The standard InChI is InChI=1S/C19H25N3O5/c1-7-19(5,6)27-17(25)22-14-11-9-8-10-13(14)21-15(23)12-20-16(24)26-18(2,3)4/h1,8-11H,12H2,2-6H3,(H,20,24)(H,21,23)(H,22,25). The minimum Gasteiger partial charge on any atom is -0.444 e. The Hall–Kier alpha value is -3.21. The number of amides is 3. The fourth-order valence-electron chi connectivity index (χ4n) is 1.76. The molecule has 0 saturated heterocycles. The molecule has 0 atom stereocenters. The number of carbonyl (C=O) groups is 3. The van der Waals surface area contributed by atoms with Gasteiger partial charge in [0.2, 0.25) is 5.91 Å². The number of carbonyl (C=O) groups excluding carboxylic acids is 3. The van der Waals surface area contributed by atoms with Crippen LogP contribution in [0.1, 0.15) is 34.6 Å². The van der Waals surface area contributed by atoms with Gasteiger partial charge < -0.3 is 20.1 Å². The molecule has 1 aromatic rings. The topological polar surface area (TPSA) is 106 Å². The summed E-state index contributed by atoms with van der Waals surface area (Å²) >= 11 is 0. The van der Waals surface area contributed by atoms with Gasteiger partial charge in [0, 0.05) is 0 Å². The molecule has 0 saturated carbocycles. The van der Waals surface area contributed by atoms with E-state index in [1.54, 1.807) is 58.9 Å². The van der Waals surface area contributed by atoms with Crippen LogP contribution in [0.5, 0.6) is 0 Å². The smallest absolute Gasteiger partial charge is 0.413 e. The molecule has 3 amide bonds. The summed E-state index contributed by atoms with van der Waals surface area (Å²) in [5.41, 5.74) is -1.08. The Morgan fingerprint density at radius 2 is 1.52 bits per heavy atom. The SMILES string of the molecule is C#CC(C)(C)OC(=O)Nc1ccccc1NC(=O)CNC(=O)OC(C)(C)C. The van der Waals surface area contributed by atoms with E-state index in [9.17, 15) is 14.4 Å². The number of alkyl carbamates (subject to hydrolysis) is 1. The van der Waals surface area contributed by atoms with Crippen LogP contribution in [0.15, 0.2) is 24.3 Å². The van der Waals surface area contributed by atoms with Gasteiger partial charge in [0.05, 0.1) is 11.4 Å². The van der Waals surface area contributed by atoms with E-state index in [1.165, 1.54) is 0 Å². The highest BCUT2D eigenvalue weighted by Gasteiger charge is 2.21. The predicted octanol–water partition coefficient (Wildman–Crippen LogP) is 3.11. The number of anilines is 2. The van der Waals surface area contributed by atoms with E-state index >= 15 is 0 Å². The number of benzene rings is 1. The van der Waals surface area contributed by atoms with E-state index in [1.807, 2.05) is 0 Å². The maximum atomic E-state index is 12.0. The summed E-state index contributed by atoms with van der Waals surface area (Å²) in [7, 11) is 0. The van der Waals surface area contributed by atoms with Crippen LogP contribution in [0.25, 0.3) is 0 Å². The number of nitrogens with one attached hydrogen (secondary N) is 3. The molecule has 1 rings (SSSR count). The zero-order chi connectivity index (χ0) is 20.7. The second-order valence-corrected chi connectivity index (χ2v) is 7.12. The zero-order valence-corrected chi connectivity index (χ0v) is 16.1.